The van der Waals surface area contributed by atoms with Crippen molar-refractivity contribution in [2.45, 2.75) is 25.7 Å². The van der Waals surface area contributed by atoms with E-state index in [1.54, 1.807) is 0 Å². The second-order valence-corrected chi connectivity index (χ2v) is 7.88. The van der Waals surface area contributed by atoms with Crippen LogP contribution in [0.5, 0.6) is 0 Å². The molecule has 0 aliphatic carbocycles. The van der Waals surface area contributed by atoms with E-state index in [0.717, 1.165) is 24.9 Å². The molecular weight excluding hydrogens is 346 g/mol. The molecular formula is C20H27N3O4. The summed E-state index contributed by atoms with van der Waals surface area (Å²) in [6.07, 6.45) is 2.78. The monoisotopic (exact) mass is 373 g/mol. The molecule has 27 heavy (non-hydrogen) atoms. The van der Waals surface area contributed by atoms with Gasteiger partial charge in [-0.05, 0) is 48.9 Å². The molecule has 1 aromatic rings. The van der Waals surface area contributed by atoms with E-state index in [4.69, 9.17) is 5.11 Å². The van der Waals surface area contributed by atoms with E-state index in [0.29, 0.717) is 31.6 Å². The van der Waals surface area contributed by atoms with Crippen molar-refractivity contribution in [3.05, 3.63) is 29.8 Å². The van der Waals surface area contributed by atoms with Crippen LogP contribution in [0.1, 0.15) is 36.0 Å². The Morgan fingerprint density at radius 2 is 1.74 bits per heavy atom. The maximum absolute atomic E-state index is 12.8. The van der Waals surface area contributed by atoms with Gasteiger partial charge in [0.15, 0.2) is 0 Å². The molecule has 7 heteroatoms. The molecule has 0 saturated carbocycles. The van der Waals surface area contributed by atoms with E-state index in [1.807, 2.05) is 48.2 Å². The van der Waals surface area contributed by atoms with Gasteiger partial charge in [0.05, 0.1) is 0 Å². The molecule has 0 atom stereocenters. The molecule has 1 aromatic carbocycles. The lowest BCUT2D eigenvalue weighted by atomic mass is 9.72. The lowest BCUT2D eigenvalue weighted by Gasteiger charge is -2.47. The molecule has 0 bridgehead atoms. The van der Waals surface area contributed by atoms with Gasteiger partial charge in [-0.15, -0.1) is 0 Å². The largest absolute Gasteiger partial charge is 0.480 e. The molecule has 1 spiro atoms. The Morgan fingerprint density at radius 1 is 1.11 bits per heavy atom. The van der Waals surface area contributed by atoms with Crippen LogP contribution in [0.2, 0.25) is 0 Å². The zero-order chi connectivity index (χ0) is 19.6. The van der Waals surface area contributed by atoms with Crippen molar-refractivity contribution in [3.63, 3.8) is 0 Å². The van der Waals surface area contributed by atoms with Gasteiger partial charge in [0.1, 0.15) is 6.54 Å². The highest BCUT2D eigenvalue weighted by atomic mass is 16.4. The number of carboxylic acid groups (broad SMARTS) is 1. The molecule has 2 saturated heterocycles. The standard InChI is InChI=1S/C20H27N3O4/c1-21(2)16-5-3-15(4-6-16)19(27)22-11-9-20(10-12-22)8-7-17(24)23(14-20)13-18(25)26/h3-6H,7-14H2,1-2H3,(H,25,26). The Kier molecular flexibility index (Phi) is 5.39. The van der Waals surface area contributed by atoms with Crippen LogP contribution >= 0.6 is 0 Å². The molecule has 0 aromatic heterocycles. The molecule has 0 unspecified atom stereocenters. The quantitative estimate of drug-likeness (QED) is 0.869. The molecule has 146 valence electrons. The number of likely N-dealkylation sites (tertiary alicyclic amines) is 2. The molecule has 2 heterocycles. The summed E-state index contributed by atoms with van der Waals surface area (Å²) < 4.78 is 0. The molecule has 7 nitrogen and oxygen atoms in total. The summed E-state index contributed by atoms with van der Waals surface area (Å²) in [5.74, 6) is -1.03. The van der Waals surface area contributed by atoms with Crippen LogP contribution in [0.15, 0.2) is 24.3 Å². The summed E-state index contributed by atoms with van der Waals surface area (Å²) in [7, 11) is 3.92. The van der Waals surface area contributed by atoms with Crippen molar-refractivity contribution in [2.75, 3.05) is 45.2 Å². The Morgan fingerprint density at radius 3 is 2.30 bits per heavy atom. The minimum absolute atomic E-state index is 0.0319. The Bertz CT molecular complexity index is 721. The molecule has 0 radical (unpaired) electrons. The summed E-state index contributed by atoms with van der Waals surface area (Å²) in [6.45, 7) is 1.53. The first kappa shape index (κ1) is 19.2. The minimum Gasteiger partial charge on any atom is -0.480 e. The van der Waals surface area contributed by atoms with Crippen LogP contribution in [0.4, 0.5) is 5.69 Å². The van der Waals surface area contributed by atoms with E-state index in [-0.39, 0.29) is 23.8 Å². The Balaban J connectivity index is 1.61. The molecule has 1 N–H and O–H groups in total. The highest BCUT2D eigenvalue weighted by Crippen LogP contribution is 2.40. The first-order valence-corrected chi connectivity index (χ1v) is 9.36. The van der Waals surface area contributed by atoms with Crippen LogP contribution in [-0.2, 0) is 9.59 Å². The summed E-state index contributed by atoms with van der Waals surface area (Å²) in [4.78, 5) is 41.1. The molecule has 2 fully saturated rings. The molecule has 2 aliphatic heterocycles. The van der Waals surface area contributed by atoms with Crippen LogP contribution in [0.3, 0.4) is 0 Å². The number of rotatable bonds is 4. The number of nitrogens with zero attached hydrogens (tertiary/aromatic N) is 3. The highest BCUT2D eigenvalue weighted by molar-refractivity contribution is 5.94. The number of carbonyl (C=O) groups is 3. The maximum atomic E-state index is 12.8. The summed E-state index contributed by atoms with van der Waals surface area (Å²) in [5.41, 5.74) is 1.67. The smallest absolute Gasteiger partial charge is 0.323 e. The average molecular weight is 373 g/mol. The maximum Gasteiger partial charge on any atom is 0.323 e. The number of hydrogen-bond acceptors (Lipinski definition) is 4. The number of amides is 2. The molecule has 3 rings (SSSR count). The van der Waals surface area contributed by atoms with E-state index in [2.05, 4.69) is 0 Å². The Hall–Kier alpha value is -2.57. The van der Waals surface area contributed by atoms with Crippen LogP contribution < -0.4 is 4.90 Å². The third-order valence-corrected chi connectivity index (χ3v) is 5.82. The second-order valence-electron chi connectivity index (χ2n) is 7.88. The first-order chi connectivity index (χ1) is 12.8. The minimum atomic E-state index is -0.978. The van der Waals surface area contributed by atoms with Gasteiger partial charge in [-0.3, -0.25) is 14.4 Å². The van der Waals surface area contributed by atoms with Gasteiger partial charge in [0.25, 0.3) is 5.91 Å². The van der Waals surface area contributed by atoms with Gasteiger partial charge in [-0.1, -0.05) is 0 Å². The Labute approximate surface area is 159 Å². The van der Waals surface area contributed by atoms with Crippen molar-refractivity contribution in [1.29, 1.82) is 0 Å². The number of piperidine rings is 2. The van der Waals surface area contributed by atoms with Crippen molar-refractivity contribution in [3.8, 4) is 0 Å². The summed E-state index contributed by atoms with van der Waals surface area (Å²) >= 11 is 0. The fourth-order valence-corrected chi connectivity index (χ4v) is 4.09. The predicted molar refractivity (Wildman–Crippen MR) is 102 cm³/mol. The van der Waals surface area contributed by atoms with Gasteiger partial charge in [0.2, 0.25) is 5.91 Å². The van der Waals surface area contributed by atoms with Crippen molar-refractivity contribution >= 4 is 23.5 Å². The van der Waals surface area contributed by atoms with Gasteiger partial charge in [-0.2, -0.15) is 0 Å². The third-order valence-electron chi connectivity index (χ3n) is 5.82. The summed E-state index contributed by atoms with van der Waals surface area (Å²) in [6, 6.07) is 7.59. The van der Waals surface area contributed by atoms with E-state index in [1.165, 1.54) is 4.90 Å². The van der Waals surface area contributed by atoms with Gasteiger partial charge >= 0.3 is 5.97 Å². The predicted octanol–water partition coefficient (Wildman–Crippen LogP) is 1.68. The molecule has 2 amide bonds. The fourth-order valence-electron chi connectivity index (χ4n) is 4.09. The van der Waals surface area contributed by atoms with Crippen molar-refractivity contribution < 1.29 is 19.5 Å². The highest BCUT2D eigenvalue weighted by Gasteiger charge is 2.42. The first-order valence-electron chi connectivity index (χ1n) is 9.36. The number of carbonyl (C=O) groups excluding carboxylic acids is 2. The number of aliphatic carboxylic acids is 1. The lowest BCUT2D eigenvalue weighted by Crippen LogP contribution is -2.53. The fraction of sp³-hybridized carbons (Fsp3) is 0.550. The number of carboxylic acids is 1. The van der Waals surface area contributed by atoms with Crippen LogP contribution in [0, 0.1) is 5.41 Å². The lowest BCUT2D eigenvalue weighted by molar-refractivity contribution is -0.149. The van der Waals surface area contributed by atoms with E-state index < -0.39 is 5.97 Å². The average Bonchev–Trinajstić information content (AvgIpc) is 2.65. The van der Waals surface area contributed by atoms with E-state index >= 15 is 0 Å². The molecule has 2 aliphatic rings. The zero-order valence-electron chi connectivity index (χ0n) is 16.0. The van der Waals surface area contributed by atoms with Gasteiger partial charge in [0, 0.05) is 51.4 Å². The second kappa shape index (κ2) is 7.58. The SMILES string of the molecule is CN(C)c1ccc(C(=O)N2CCC3(CCC(=O)N(CC(=O)O)C3)CC2)cc1. The van der Waals surface area contributed by atoms with Crippen LogP contribution in [-0.4, -0.2) is 73.0 Å². The van der Waals surface area contributed by atoms with Crippen LogP contribution in [0.25, 0.3) is 0 Å². The van der Waals surface area contributed by atoms with Crippen molar-refractivity contribution in [2.24, 2.45) is 5.41 Å². The van der Waals surface area contributed by atoms with Gasteiger partial charge < -0.3 is 19.8 Å². The zero-order valence-corrected chi connectivity index (χ0v) is 16.0. The van der Waals surface area contributed by atoms with Gasteiger partial charge in [-0.25, -0.2) is 0 Å². The number of hydrogen-bond donors (Lipinski definition) is 1. The topological polar surface area (TPSA) is 81.2 Å². The summed E-state index contributed by atoms with van der Waals surface area (Å²) in [5, 5.41) is 9.02. The van der Waals surface area contributed by atoms with E-state index in [9.17, 15) is 14.4 Å². The number of benzene rings is 1. The normalized spacial score (nSPS) is 19.3. The van der Waals surface area contributed by atoms with Crippen molar-refractivity contribution in [1.82, 2.24) is 9.80 Å². The number of anilines is 1. The third kappa shape index (κ3) is 4.23.